The van der Waals surface area contributed by atoms with Crippen molar-refractivity contribution in [3.05, 3.63) is 12.3 Å². The zero-order chi connectivity index (χ0) is 29.2. The first kappa shape index (κ1) is 40.0. The Kier molecular flexibility index (Phi) is 33.4. The molecule has 1 heteroatoms. The van der Waals surface area contributed by atoms with Gasteiger partial charge < -0.3 is 0 Å². The molecule has 0 saturated carbocycles. The maximum Gasteiger partial charge on any atom is 0.0740 e. The summed E-state index contributed by atoms with van der Waals surface area (Å²) in [6.07, 6.45) is 47.0. The standard InChI is InChI=1S/C39H80Si/c1-5-8-10-12-14-16-18-20-22-24-26-28-30-32-34-36-38-40(4,7-3)39-37-35-33-31-29-27-25-23-21-19-17-15-13-11-9-6-2/h7H,3,5-6,8-39H2,1-2,4H3. The summed E-state index contributed by atoms with van der Waals surface area (Å²) in [5, 5.41) is 0. The monoisotopic (exact) mass is 577 g/mol. The first-order valence-corrected chi connectivity index (χ1v) is 22.3. The average molecular weight is 577 g/mol. The summed E-state index contributed by atoms with van der Waals surface area (Å²) in [6, 6.07) is 2.99. The van der Waals surface area contributed by atoms with Crippen LogP contribution < -0.4 is 0 Å². The first-order chi connectivity index (χ1) is 19.7. The van der Waals surface area contributed by atoms with Crippen molar-refractivity contribution in [2.75, 3.05) is 0 Å². The molecule has 240 valence electrons. The predicted molar refractivity (Wildman–Crippen MR) is 191 cm³/mol. The van der Waals surface area contributed by atoms with E-state index in [0.29, 0.717) is 0 Å². The lowest BCUT2D eigenvalue weighted by Gasteiger charge is -2.23. The van der Waals surface area contributed by atoms with Gasteiger partial charge in [-0.3, -0.25) is 0 Å². The molecular formula is C39H80Si. The van der Waals surface area contributed by atoms with E-state index < -0.39 is 8.07 Å². The van der Waals surface area contributed by atoms with Crippen LogP contribution in [0.15, 0.2) is 12.3 Å². The highest BCUT2D eigenvalue weighted by Crippen LogP contribution is 2.25. The van der Waals surface area contributed by atoms with Crippen LogP contribution >= 0.6 is 0 Å². The van der Waals surface area contributed by atoms with E-state index in [1.54, 1.807) is 0 Å². The Hall–Kier alpha value is -0.0431. The van der Waals surface area contributed by atoms with Crippen LogP contribution in [0.4, 0.5) is 0 Å². The van der Waals surface area contributed by atoms with E-state index in [-0.39, 0.29) is 0 Å². The summed E-state index contributed by atoms with van der Waals surface area (Å²) < 4.78 is 0. The van der Waals surface area contributed by atoms with E-state index in [0.717, 1.165) is 0 Å². The fourth-order valence-corrected chi connectivity index (χ4v) is 9.26. The molecular weight excluding hydrogens is 497 g/mol. The minimum Gasteiger partial charge on any atom is -0.107 e. The molecule has 0 aromatic heterocycles. The Morgan fingerprint density at radius 2 is 0.500 bits per heavy atom. The van der Waals surface area contributed by atoms with Crippen LogP contribution in [0.1, 0.15) is 219 Å². The lowest BCUT2D eigenvalue weighted by Crippen LogP contribution is -2.26. The molecule has 0 radical (unpaired) electrons. The Labute approximate surface area is 257 Å². The third-order valence-corrected chi connectivity index (χ3v) is 13.7. The summed E-state index contributed by atoms with van der Waals surface area (Å²) in [5.74, 6) is 0. The Bertz CT molecular complexity index is 433. The lowest BCUT2D eigenvalue weighted by molar-refractivity contribution is 0.530. The van der Waals surface area contributed by atoms with E-state index in [2.05, 4.69) is 32.7 Å². The second-order valence-electron chi connectivity index (χ2n) is 14.0. The van der Waals surface area contributed by atoms with Crippen molar-refractivity contribution in [3.63, 3.8) is 0 Å². The molecule has 0 aromatic carbocycles. The summed E-state index contributed by atoms with van der Waals surface area (Å²) in [5.41, 5.74) is 2.42. The van der Waals surface area contributed by atoms with Crippen molar-refractivity contribution in [3.8, 4) is 0 Å². The van der Waals surface area contributed by atoms with Gasteiger partial charge >= 0.3 is 0 Å². The fraction of sp³-hybridized carbons (Fsp3) is 0.949. The van der Waals surface area contributed by atoms with Gasteiger partial charge in [-0.25, -0.2) is 0 Å². The summed E-state index contributed by atoms with van der Waals surface area (Å²) in [7, 11) is -1.17. The fourth-order valence-electron chi connectivity index (χ4n) is 6.48. The van der Waals surface area contributed by atoms with Gasteiger partial charge in [-0.2, -0.15) is 0 Å². The molecule has 0 N–H and O–H groups in total. The number of hydrogen-bond donors (Lipinski definition) is 0. The number of hydrogen-bond acceptors (Lipinski definition) is 0. The maximum absolute atomic E-state index is 4.28. The molecule has 0 fully saturated rings. The minimum absolute atomic E-state index is 1.17. The quantitative estimate of drug-likeness (QED) is 0.0520. The van der Waals surface area contributed by atoms with Crippen molar-refractivity contribution in [1.29, 1.82) is 0 Å². The molecule has 0 heterocycles. The number of rotatable bonds is 35. The SMILES string of the molecule is C=C[Si](C)(CCCCCCCCCCCCCCCCCC)CCCCCCCCCCCCCCCCCC. The maximum atomic E-state index is 4.28. The smallest absolute Gasteiger partial charge is 0.0740 e. The second kappa shape index (κ2) is 33.5. The van der Waals surface area contributed by atoms with Crippen molar-refractivity contribution < 1.29 is 0 Å². The molecule has 0 aliphatic carbocycles. The first-order valence-electron chi connectivity index (χ1n) is 19.3. The van der Waals surface area contributed by atoms with E-state index in [9.17, 15) is 0 Å². The van der Waals surface area contributed by atoms with Gasteiger partial charge in [0.25, 0.3) is 0 Å². The van der Waals surface area contributed by atoms with Gasteiger partial charge in [-0.1, -0.05) is 238 Å². The van der Waals surface area contributed by atoms with Crippen LogP contribution in [0.3, 0.4) is 0 Å². The molecule has 0 spiro atoms. The van der Waals surface area contributed by atoms with Crippen LogP contribution in [-0.4, -0.2) is 8.07 Å². The average Bonchev–Trinajstić information content (AvgIpc) is 2.96. The highest BCUT2D eigenvalue weighted by Gasteiger charge is 2.21. The molecule has 0 aliphatic rings. The lowest BCUT2D eigenvalue weighted by atomic mass is 10.0. The molecule has 40 heavy (non-hydrogen) atoms. The zero-order valence-electron chi connectivity index (χ0n) is 28.8. The highest BCUT2D eigenvalue weighted by atomic mass is 28.3. The largest absolute Gasteiger partial charge is 0.107 e. The predicted octanol–water partition coefficient (Wildman–Crippen LogP) is 15.3. The molecule has 0 amide bonds. The molecule has 0 rings (SSSR count). The van der Waals surface area contributed by atoms with Gasteiger partial charge in [-0.05, 0) is 0 Å². The van der Waals surface area contributed by atoms with E-state index in [4.69, 9.17) is 0 Å². The zero-order valence-corrected chi connectivity index (χ0v) is 29.8. The van der Waals surface area contributed by atoms with Crippen LogP contribution in [0.5, 0.6) is 0 Å². The number of unbranched alkanes of at least 4 members (excludes halogenated alkanes) is 30. The van der Waals surface area contributed by atoms with E-state index >= 15 is 0 Å². The Morgan fingerprint density at radius 3 is 0.675 bits per heavy atom. The molecule has 0 bridgehead atoms. The van der Waals surface area contributed by atoms with Gasteiger partial charge in [0.2, 0.25) is 0 Å². The molecule has 0 atom stereocenters. The summed E-state index contributed by atoms with van der Waals surface area (Å²) >= 11 is 0. The van der Waals surface area contributed by atoms with Crippen molar-refractivity contribution in [1.82, 2.24) is 0 Å². The topological polar surface area (TPSA) is 0 Å². The van der Waals surface area contributed by atoms with Gasteiger partial charge in [0.05, 0.1) is 8.07 Å². The van der Waals surface area contributed by atoms with Gasteiger partial charge in [-0.15, -0.1) is 12.3 Å². The highest BCUT2D eigenvalue weighted by molar-refractivity contribution is 6.83. The van der Waals surface area contributed by atoms with Crippen LogP contribution in [0, 0.1) is 0 Å². The van der Waals surface area contributed by atoms with Crippen molar-refractivity contribution in [2.45, 2.75) is 238 Å². The molecule has 0 aliphatic heterocycles. The third kappa shape index (κ3) is 30.9. The van der Waals surface area contributed by atoms with Gasteiger partial charge in [0.1, 0.15) is 0 Å². The second-order valence-corrected chi connectivity index (χ2v) is 18.7. The van der Waals surface area contributed by atoms with Crippen LogP contribution in [0.2, 0.25) is 18.6 Å². The summed E-state index contributed by atoms with van der Waals surface area (Å²) in [4.78, 5) is 0. The third-order valence-electron chi connectivity index (χ3n) is 9.70. The minimum atomic E-state index is -1.17. The molecule has 0 saturated heterocycles. The van der Waals surface area contributed by atoms with Gasteiger partial charge in [0.15, 0.2) is 0 Å². The van der Waals surface area contributed by atoms with Gasteiger partial charge in [0, 0.05) is 0 Å². The van der Waals surface area contributed by atoms with Crippen LogP contribution in [0.25, 0.3) is 0 Å². The summed E-state index contributed by atoms with van der Waals surface area (Å²) in [6.45, 7) is 11.5. The molecule has 0 nitrogen and oxygen atoms in total. The normalized spacial score (nSPS) is 11.9. The Morgan fingerprint density at radius 1 is 0.325 bits per heavy atom. The van der Waals surface area contributed by atoms with Crippen LogP contribution in [-0.2, 0) is 0 Å². The van der Waals surface area contributed by atoms with E-state index in [1.165, 1.54) is 218 Å². The Balaban J connectivity index is 3.39. The molecule has 0 aromatic rings. The van der Waals surface area contributed by atoms with Crippen molar-refractivity contribution in [2.24, 2.45) is 0 Å². The van der Waals surface area contributed by atoms with E-state index in [1.807, 2.05) is 0 Å². The van der Waals surface area contributed by atoms with Crippen molar-refractivity contribution >= 4 is 8.07 Å². The molecule has 0 unspecified atom stereocenters.